The molecule has 1 fully saturated rings. The summed E-state index contributed by atoms with van der Waals surface area (Å²) in [6.45, 7) is 0.985. The van der Waals surface area contributed by atoms with Gasteiger partial charge in [0, 0.05) is 55.2 Å². The van der Waals surface area contributed by atoms with Gasteiger partial charge in [-0.1, -0.05) is 18.2 Å². The number of pyridine rings is 1. The molecule has 1 saturated heterocycles. The van der Waals surface area contributed by atoms with Crippen molar-refractivity contribution in [2.45, 2.75) is 24.5 Å². The minimum absolute atomic E-state index is 0.00127. The van der Waals surface area contributed by atoms with E-state index in [1.807, 2.05) is 36.4 Å². The lowest BCUT2D eigenvalue weighted by Crippen LogP contribution is -2.69. The highest BCUT2D eigenvalue weighted by molar-refractivity contribution is 6.03. The molecule has 2 amide bonds. The molecule has 2 aromatic carbocycles. The molecule has 8 heteroatoms. The Bertz CT molecular complexity index is 1140. The maximum Gasteiger partial charge on any atom is 0.326 e. The van der Waals surface area contributed by atoms with Crippen LogP contribution in [0.25, 0.3) is 0 Å². The van der Waals surface area contributed by atoms with Crippen molar-refractivity contribution in [3.63, 3.8) is 0 Å². The largest absolute Gasteiger partial charge is 0.395 e. The van der Waals surface area contributed by atoms with E-state index >= 15 is 0 Å². The Morgan fingerprint density at radius 2 is 1.91 bits per heavy atom. The van der Waals surface area contributed by atoms with Crippen molar-refractivity contribution < 1.29 is 18.7 Å². The van der Waals surface area contributed by atoms with Gasteiger partial charge in [0.1, 0.15) is 11.6 Å². The number of hydrogen-bond acceptors (Lipinski definition) is 4. The standard InChI is InChI=1S/C24H22F2N4O2/c25-16-5-6-18(26)19(11-16)28-24(32)30-13-21-23(17-3-1-2-4-20(17)30)22(14-31)29(21)12-15-7-9-27-10-8-15/h1-11,21-23,31H,12-14H2,(H,28,32)/t21-,22+,23+/m0/s1. The Morgan fingerprint density at radius 1 is 1.12 bits per heavy atom. The first-order chi connectivity index (χ1) is 15.6. The number of para-hydroxylation sites is 1. The number of urea groups is 1. The molecule has 2 N–H and O–H groups in total. The molecule has 5 rings (SSSR count). The van der Waals surface area contributed by atoms with Crippen LogP contribution >= 0.6 is 0 Å². The number of hydrogen-bond donors (Lipinski definition) is 2. The summed E-state index contributed by atoms with van der Waals surface area (Å²) in [5.74, 6) is -1.26. The van der Waals surface area contributed by atoms with Crippen molar-refractivity contribution in [3.8, 4) is 0 Å². The number of aliphatic hydroxyl groups excluding tert-OH is 1. The van der Waals surface area contributed by atoms with Crippen LogP contribution in [0.2, 0.25) is 0 Å². The Labute approximate surface area is 184 Å². The summed E-state index contributed by atoms with van der Waals surface area (Å²) < 4.78 is 27.7. The van der Waals surface area contributed by atoms with Crippen molar-refractivity contribution in [3.05, 3.63) is 89.8 Å². The predicted octanol–water partition coefficient (Wildman–Crippen LogP) is 3.74. The maximum atomic E-state index is 14.1. The molecule has 2 aliphatic heterocycles. The molecule has 0 aliphatic carbocycles. The number of likely N-dealkylation sites (tertiary alicyclic amines) is 1. The molecule has 0 bridgehead atoms. The molecule has 6 nitrogen and oxygen atoms in total. The number of amides is 2. The van der Waals surface area contributed by atoms with Crippen molar-refractivity contribution in [2.75, 3.05) is 23.4 Å². The molecule has 164 valence electrons. The van der Waals surface area contributed by atoms with Gasteiger partial charge in [-0.25, -0.2) is 13.6 Å². The zero-order valence-corrected chi connectivity index (χ0v) is 17.2. The fraction of sp³-hybridized carbons (Fsp3) is 0.250. The number of rotatable bonds is 4. The topological polar surface area (TPSA) is 68.7 Å². The zero-order chi connectivity index (χ0) is 22.2. The summed E-state index contributed by atoms with van der Waals surface area (Å²) >= 11 is 0. The predicted molar refractivity (Wildman–Crippen MR) is 116 cm³/mol. The van der Waals surface area contributed by atoms with Crippen molar-refractivity contribution in [1.29, 1.82) is 0 Å². The molecule has 3 atom stereocenters. The first-order valence-corrected chi connectivity index (χ1v) is 10.4. The van der Waals surface area contributed by atoms with Crippen LogP contribution in [0.4, 0.5) is 25.0 Å². The highest BCUT2D eigenvalue weighted by Crippen LogP contribution is 2.48. The van der Waals surface area contributed by atoms with Gasteiger partial charge in [0.25, 0.3) is 0 Å². The van der Waals surface area contributed by atoms with Gasteiger partial charge in [0.15, 0.2) is 0 Å². The van der Waals surface area contributed by atoms with Gasteiger partial charge in [-0.2, -0.15) is 0 Å². The average Bonchev–Trinajstić information content (AvgIpc) is 2.80. The van der Waals surface area contributed by atoms with Gasteiger partial charge in [0.05, 0.1) is 12.3 Å². The second-order valence-electron chi connectivity index (χ2n) is 8.09. The summed E-state index contributed by atoms with van der Waals surface area (Å²) in [5.41, 5.74) is 2.53. The Balaban J connectivity index is 1.45. The highest BCUT2D eigenvalue weighted by atomic mass is 19.1. The number of benzene rings is 2. The first-order valence-electron chi connectivity index (χ1n) is 10.4. The van der Waals surface area contributed by atoms with Crippen LogP contribution in [-0.4, -0.2) is 46.3 Å². The molecule has 3 heterocycles. The molecular weight excluding hydrogens is 414 g/mol. The van der Waals surface area contributed by atoms with Crippen molar-refractivity contribution in [2.24, 2.45) is 0 Å². The highest BCUT2D eigenvalue weighted by Gasteiger charge is 2.53. The van der Waals surface area contributed by atoms with E-state index in [-0.39, 0.29) is 30.3 Å². The van der Waals surface area contributed by atoms with Crippen LogP contribution < -0.4 is 10.2 Å². The van der Waals surface area contributed by atoms with Crippen LogP contribution in [-0.2, 0) is 6.54 Å². The monoisotopic (exact) mass is 436 g/mol. The molecule has 32 heavy (non-hydrogen) atoms. The molecule has 0 radical (unpaired) electrons. The number of carbonyl (C=O) groups is 1. The second kappa shape index (κ2) is 8.29. The summed E-state index contributed by atoms with van der Waals surface area (Å²) in [4.78, 5) is 20.9. The van der Waals surface area contributed by atoms with Crippen LogP contribution in [0.5, 0.6) is 0 Å². The minimum Gasteiger partial charge on any atom is -0.395 e. The molecular formula is C24H22F2N4O2. The molecule has 1 aromatic heterocycles. The number of halogens is 2. The van der Waals surface area contributed by atoms with Crippen LogP contribution in [0.3, 0.4) is 0 Å². The maximum absolute atomic E-state index is 14.1. The summed E-state index contributed by atoms with van der Waals surface area (Å²) in [7, 11) is 0. The van der Waals surface area contributed by atoms with Gasteiger partial charge < -0.3 is 10.4 Å². The number of aliphatic hydroxyl groups is 1. The third-order valence-corrected chi connectivity index (χ3v) is 6.35. The Morgan fingerprint density at radius 3 is 2.69 bits per heavy atom. The van der Waals surface area contributed by atoms with E-state index in [9.17, 15) is 18.7 Å². The Kier molecular flexibility index (Phi) is 5.32. The lowest BCUT2D eigenvalue weighted by atomic mass is 9.72. The molecule has 0 spiro atoms. The van der Waals surface area contributed by atoms with Gasteiger partial charge >= 0.3 is 6.03 Å². The second-order valence-corrected chi connectivity index (χ2v) is 8.09. The smallest absolute Gasteiger partial charge is 0.326 e. The van der Waals surface area contributed by atoms with E-state index in [1.165, 1.54) is 0 Å². The zero-order valence-electron chi connectivity index (χ0n) is 17.2. The van der Waals surface area contributed by atoms with E-state index in [4.69, 9.17) is 0 Å². The lowest BCUT2D eigenvalue weighted by Gasteiger charge is -2.59. The van der Waals surface area contributed by atoms with Crippen molar-refractivity contribution in [1.82, 2.24) is 9.88 Å². The van der Waals surface area contributed by atoms with E-state index in [1.54, 1.807) is 17.3 Å². The normalized spacial score (nSPS) is 22.0. The first kappa shape index (κ1) is 20.5. The quantitative estimate of drug-likeness (QED) is 0.654. The molecule has 2 aliphatic rings. The number of nitrogens with one attached hydrogen (secondary N) is 1. The third kappa shape index (κ3) is 3.51. The van der Waals surface area contributed by atoms with E-state index in [2.05, 4.69) is 15.2 Å². The number of aromatic nitrogens is 1. The fourth-order valence-electron chi connectivity index (χ4n) is 4.87. The number of fused-ring (bicyclic) bond motifs is 3. The van der Waals surface area contributed by atoms with Gasteiger partial charge in [-0.05, 0) is 41.5 Å². The van der Waals surface area contributed by atoms with Gasteiger partial charge in [-0.15, -0.1) is 0 Å². The molecule has 3 aromatic rings. The SMILES string of the molecule is O=C(Nc1cc(F)ccc1F)N1C[C@H]2[C@@H](c3ccccc31)[C@@H](CO)N2Cc1ccncc1. The van der Waals surface area contributed by atoms with E-state index < -0.39 is 17.7 Å². The number of carbonyl (C=O) groups excluding carboxylic acids is 1. The van der Waals surface area contributed by atoms with Crippen molar-refractivity contribution >= 4 is 17.4 Å². The Hall–Kier alpha value is -3.36. The fourth-order valence-corrected chi connectivity index (χ4v) is 4.87. The van der Waals surface area contributed by atoms with E-state index in [0.29, 0.717) is 18.8 Å². The van der Waals surface area contributed by atoms with Gasteiger partial charge in [0.2, 0.25) is 0 Å². The van der Waals surface area contributed by atoms with Crippen LogP contribution in [0, 0.1) is 11.6 Å². The molecule has 0 saturated carbocycles. The third-order valence-electron chi connectivity index (χ3n) is 6.35. The number of anilines is 2. The summed E-state index contributed by atoms with van der Waals surface area (Å²) in [6, 6.07) is 13.7. The average molecular weight is 436 g/mol. The summed E-state index contributed by atoms with van der Waals surface area (Å²) in [5, 5.41) is 12.6. The number of nitrogens with zero attached hydrogens (tertiary/aromatic N) is 3. The van der Waals surface area contributed by atoms with Crippen LogP contribution in [0.1, 0.15) is 17.0 Å². The van der Waals surface area contributed by atoms with Crippen LogP contribution in [0.15, 0.2) is 67.0 Å². The summed E-state index contributed by atoms with van der Waals surface area (Å²) in [6.07, 6.45) is 3.45. The molecule has 0 unspecified atom stereocenters. The van der Waals surface area contributed by atoms with Gasteiger partial charge in [-0.3, -0.25) is 14.8 Å². The minimum atomic E-state index is -0.703. The lowest BCUT2D eigenvalue weighted by molar-refractivity contribution is -0.0484. The van der Waals surface area contributed by atoms with E-state index in [0.717, 1.165) is 29.3 Å².